The zero-order chi connectivity index (χ0) is 14.4. The fourth-order valence-electron chi connectivity index (χ4n) is 5.09. The zero-order valence-electron chi connectivity index (χ0n) is 14.4. The Morgan fingerprint density at radius 1 is 0.950 bits per heavy atom. The molecule has 0 aromatic rings. The first kappa shape index (κ1) is 16.4. The fraction of sp³-hybridized carbons (Fsp3) is 1.00. The Balaban J connectivity index is 1.67. The summed E-state index contributed by atoms with van der Waals surface area (Å²) in [6.45, 7) is 7.37. The van der Waals surface area contributed by atoms with Gasteiger partial charge in [0.25, 0.3) is 0 Å². The van der Waals surface area contributed by atoms with Crippen LogP contribution in [0.3, 0.4) is 0 Å². The SMILES string of the molecule is CCCCC1CC(CCC(CC)C2(C)CCCCC2)C1. The van der Waals surface area contributed by atoms with Gasteiger partial charge in [-0.2, -0.15) is 0 Å². The summed E-state index contributed by atoms with van der Waals surface area (Å²) in [5.74, 6) is 3.21. The Bertz CT molecular complexity index is 255. The summed E-state index contributed by atoms with van der Waals surface area (Å²) >= 11 is 0. The topological polar surface area (TPSA) is 0 Å². The average molecular weight is 279 g/mol. The standard InChI is InChI=1S/C20H38/c1-4-6-10-17-15-18(16-17)11-12-19(5-2)20(3)13-8-7-9-14-20/h17-19H,4-16H2,1-3H3. The van der Waals surface area contributed by atoms with Crippen LogP contribution in [-0.2, 0) is 0 Å². The lowest BCUT2D eigenvalue weighted by atomic mass is 9.63. The molecule has 0 heterocycles. The second-order valence-corrected chi connectivity index (χ2v) is 8.24. The lowest BCUT2D eigenvalue weighted by molar-refractivity contribution is 0.0862. The highest BCUT2D eigenvalue weighted by Crippen LogP contribution is 2.47. The van der Waals surface area contributed by atoms with Crippen LogP contribution in [-0.4, -0.2) is 0 Å². The van der Waals surface area contributed by atoms with Crippen LogP contribution in [0.5, 0.6) is 0 Å². The van der Waals surface area contributed by atoms with E-state index in [2.05, 4.69) is 20.8 Å². The molecule has 0 aromatic heterocycles. The molecule has 2 aliphatic carbocycles. The van der Waals surface area contributed by atoms with Gasteiger partial charge in [0.15, 0.2) is 0 Å². The van der Waals surface area contributed by atoms with E-state index in [0.29, 0.717) is 5.41 Å². The minimum atomic E-state index is 0.693. The third-order valence-corrected chi connectivity index (χ3v) is 6.70. The smallest absolute Gasteiger partial charge is 0.0298 e. The second kappa shape index (κ2) is 7.85. The van der Waals surface area contributed by atoms with E-state index in [9.17, 15) is 0 Å². The van der Waals surface area contributed by atoms with Crippen molar-refractivity contribution in [3.05, 3.63) is 0 Å². The largest absolute Gasteiger partial charge is 0.0654 e. The van der Waals surface area contributed by atoms with Crippen molar-refractivity contribution < 1.29 is 0 Å². The molecule has 0 spiro atoms. The van der Waals surface area contributed by atoms with Crippen molar-refractivity contribution in [3.8, 4) is 0 Å². The van der Waals surface area contributed by atoms with Gasteiger partial charge in [-0.05, 0) is 55.3 Å². The lowest BCUT2D eigenvalue weighted by Gasteiger charge is -2.43. The van der Waals surface area contributed by atoms with Crippen LogP contribution in [0.2, 0.25) is 0 Å². The predicted octanol–water partition coefficient (Wildman–Crippen LogP) is 6.98. The molecule has 1 unspecified atom stereocenters. The molecule has 2 fully saturated rings. The van der Waals surface area contributed by atoms with Crippen LogP contribution in [0.1, 0.15) is 104 Å². The third-order valence-electron chi connectivity index (χ3n) is 6.70. The number of hydrogen-bond donors (Lipinski definition) is 0. The Hall–Kier alpha value is 0. The molecule has 0 amide bonds. The van der Waals surface area contributed by atoms with Gasteiger partial charge in [-0.15, -0.1) is 0 Å². The lowest BCUT2D eigenvalue weighted by Crippen LogP contribution is -2.31. The molecule has 0 radical (unpaired) electrons. The molecule has 2 saturated carbocycles. The van der Waals surface area contributed by atoms with Gasteiger partial charge in [-0.25, -0.2) is 0 Å². The average Bonchev–Trinajstić information content (AvgIpc) is 2.41. The third kappa shape index (κ3) is 4.25. The molecule has 1 atom stereocenters. The summed E-state index contributed by atoms with van der Waals surface area (Å²) in [6.07, 6.45) is 19.5. The van der Waals surface area contributed by atoms with Gasteiger partial charge in [-0.3, -0.25) is 0 Å². The maximum Gasteiger partial charge on any atom is -0.0298 e. The maximum atomic E-state index is 2.60. The van der Waals surface area contributed by atoms with Gasteiger partial charge < -0.3 is 0 Å². The van der Waals surface area contributed by atoms with Gasteiger partial charge in [-0.1, -0.05) is 72.1 Å². The summed E-state index contributed by atoms with van der Waals surface area (Å²) in [7, 11) is 0. The van der Waals surface area contributed by atoms with Crippen molar-refractivity contribution in [2.24, 2.45) is 23.2 Å². The fourth-order valence-corrected chi connectivity index (χ4v) is 5.09. The highest BCUT2D eigenvalue weighted by atomic mass is 14.4. The molecule has 0 heteroatoms. The van der Waals surface area contributed by atoms with E-state index in [-0.39, 0.29) is 0 Å². The van der Waals surface area contributed by atoms with Crippen molar-refractivity contribution in [2.45, 2.75) is 104 Å². The molecular formula is C20H38. The summed E-state index contributed by atoms with van der Waals surface area (Å²) in [5.41, 5.74) is 0.693. The van der Waals surface area contributed by atoms with E-state index >= 15 is 0 Å². The summed E-state index contributed by atoms with van der Waals surface area (Å²) < 4.78 is 0. The van der Waals surface area contributed by atoms with E-state index in [1.54, 1.807) is 12.8 Å². The van der Waals surface area contributed by atoms with Crippen molar-refractivity contribution in [2.75, 3.05) is 0 Å². The first-order chi connectivity index (χ1) is 9.68. The Morgan fingerprint density at radius 2 is 1.60 bits per heavy atom. The van der Waals surface area contributed by atoms with Crippen molar-refractivity contribution in [1.82, 2.24) is 0 Å². The number of rotatable bonds is 8. The highest BCUT2D eigenvalue weighted by molar-refractivity contribution is 4.87. The monoisotopic (exact) mass is 278 g/mol. The van der Waals surface area contributed by atoms with Gasteiger partial charge in [0, 0.05) is 0 Å². The van der Waals surface area contributed by atoms with Crippen molar-refractivity contribution in [3.63, 3.8) is 0 Å². The molecule has 0 saturated heterocycles. The molecule has 0 aliphatic heterocycles. The second-order valence-electron chi connectivity index (χ2n) is 8.24. The predicted molar refractivity (Wildman–Crippen MR) is 89.9 cm³/mol. The van der Waals surface area contributed by atoms with Crippen LogP contribution in [0.15, 0.2) is 0 Å². The first-order valence-corrected chi connectivity index (χ1v) is 9.68. The van der Waals surface area contributed by atoms with E-state index in [4.69, 9.17) is 0 Å². The summed E-state index contributed by atoms with van der Waals surface area (Å²) in [5, 5.41) is 0. The van der Waals surface area contributed by atoms with Crippen LogP contribution in [0.4, 0.5) is 0 Å². The summed E-state index contributed by atoms with van der Waals surface area (Å²) in [6, 6.07) is 0. The van der Waals surface area contributed by atoms with E-state index in [0.717, 1.165) is 17.8 Å². The van der Waals surface area contributed by atoms with Gasteiger partial charge in [0.1, 0.15) is 0 Å². The van der Waals surface area contributed by atoms with E-state index < -0.39 is 0 Å². The molecule has 2 rings (SSSR count). The molecule has 0 N–H and O–H groups in total. The molecule has 2 aliphatic rings. The van der Waals surface area contributed by atoms with Crippen molar-refractivity contribution >= 4 is 0 Å². The molecular weight excluding hydrogens is 240 g/mol. The zero-order valence-corrected chi connectivity index (χ0v) is 14.4. The summed E-state index contributed by atoms with van der Waals surface area (Å²) in [4.78, 5) is 0. The minimum Gasteiger partial charge on any atom is -0.0654 e. The highest BCUT2D eigenvalue weighted by Gasteiger charge is 2.35. The molecule has 118 valence electrons. The molecule has 0 aromatic carbocycles. The molecule has 0 nitrogen and oxygen atoms in total. The van der Waals surface area contributed by atoms with Crippen LogP contribution in [0, 0.1) is 23.2 Å². The number of unbranched alkanes of at least 4 members (excludes halogenated alkanes) is 1. The normalized spacial score (nSPS) is 30.8. The molecule has 0 bridgehead atoms. The maximum absolute atomic E-state index is 2.60. The Labute approximate surface area is 128 Å². The van der Waals surface area contributed by atoms with Gasteiger partial charge >= 0.3 is 0 Å². The van der Waals surface area contributed by atoms with Crippen LogP contribution >= 0.6 is 0 Å². The van der Waals surface area contributed by atoms with Crippen LogP contribution in [0.25, 0.3) is 0 Å². The van der Waals surface area contributed by atoms with Crippen molar-refractivity contribution in [1.29, 1.82) is 0 Å². The Kier molecular flexibility index (Phi) is 6.43. The van der Waals surface area contributed by atoms with E-state index in [1.165, 1.54) is 70.6 Å². The number of hydrogen-bond acceptors (Lipinski definition) is 0. The van der Waals surface area contributed by atoms with Gasteiger partial charge in [0.05, 0.1) is 0 Å². The van der Waals surface area contributed by atoms with E-state index in [1.807, 2.05) is 0 Å². The quantitative estimate of drug-likeness (QED) is 0.449. The van der Waals surface area contributed by atoms with Crippen LogP contribution < -0.4 is 0 Å². The first-order valence-electron chi connectivity index (χ1n) is 9.68. The minimum absolute atomic E-state index is 0.693. The van der Waals surface area contributed by atoms with Gasteiger partial charge in [0.2, 0.25) is 0 Å². The Morgan fingerprint density at radius 3 is 2.20 bits per heavy atom. The molecule has 20 heavy (non-hydrogen) atoms.